The summed E-state index contributed by atoms with van der Waals surface area (Å²) in [6, 6.07) is 10.9. The number of nitrogens with one attached hydrogen (secondary N) is 1. The van der Waals surface area contributed by atoms with E-state index in [9.17, 15) is 22.0 Å². The quantitative estimate of drug-likeness (QED) is 0.507. The summed E-state index contributed by atoms with van der Waals surface area (Å²) >= 11 is 0.971. The molecule has 2 aromatic carbocycles. The van der Waals surface area contributed by atoms with Crippen molar-refractivity contribution in [2.45, 2.75) is 18.1 Å². The molecule has 33 heavy (non-hydrogen) atoms. The van der Waals surface area contributed by atoms with Crippen LogP contribution in [0.3, 0.4) is 0 Å². The lowest BCUT2D eigenvalue weighted by Gasteiger charge is -2.33. The molecule has 176 valence electrons. The summed E-state index contributed by atoms with van der Waals surface area (Å²) in [7, 11) is -3.71. The van der Waals surface area contributed by atoms with Crippen LogP contribution in [0.4, 0.5) is 8.78 Å². The number of carbonyl (C=O) groups excluding carboxylic acids is 1. The second kappa shape index (κ2) is 10.0. The van der Waals surface area contributed by atoms with Gasteiger partial charge in [-0.25, -0.2) is 8.42 Å². The number of halogens is 2. The zero-order valence-electron chi connectivity index (χ0n) is 17.4. The van der Waals surface area contributed by atoms with E-state index >= 15 is 0 Å². The average molecular weight is 498 g/mol. The molecule has 1 aliphatic rings. The highest BCUT2D eigenvalue weighted by molar-refractivity contribution is 7.89. The van der Waals surface area contributed by atoms with E-state index in [1.165, 1.54) is 22.5 Å². The van der Waals surface area contributed by atoms with Gasteiger partial charge in [-0.2, -0.15) is 21.8 Å². The van der Waals surface area contributed by atoms with Crippen LogP contribution in [0.25, 0.3) is 11.0 Å². The number of nitrogens with zero attached hydrogens (tertiary/aromatic N) is 4. The monoisotopic (exact) mass is 497 g/mol. The minimum absolute atomic E-state index is 0.0511. The molecule has 2 heterocycles. The van der Waals surface area contributed by atoms with Gasteiger partial charge in [-0.05, 0) is 29.8 Å². The second-order valence-corrected chi connectivity index (χ2v) is 9.80. The third-order valence-corrected chi connectivity index (χ3v) is 7.68. The number of benzene rings is 2. The van der Waals surface area contributed by atoms with Crippen LogP contribution in [0.5, 0.6) is 5.75 Å². The van der Waals surface area contributed by atoms with E-state index in [-0.39, 0.29) is 42.7 Å². The maximum atomic E-state index is 13.1. The topological polar surface area (TPSA) is 105 Å². The number of carbonyl (C=O) groups is 1. The van der Waals surface area contributed by atoms with Gasteiger partial charge in [0.15, 0.2) is 0 Å². The van der Waals surface area contributed by atoms with Gasteiger partial charge in [-0.1, -0.05) is 18.2 Å². The van der Waals surface area contributed by atoms with Crippen molar-refractivity contribution < 1.29 is 26.7 Å². The molecule has 4 rings (SSSR count). The fourth-order valence-corrected chi connectivity index (χ4v) is 5.68. The van der Waals surface area contributed by atoms with Crippen LogP contribution in [0, 0.1) is 0 Å². The molecular formula is C20H21F2N5O4S2. The van der Waals surface area contributed by atoms with E-state index < -0.39 is 16.6 Å². The first-order valence-electron chi connectivity index (χ1n) is 10.1. The normalized spacial score (nSPS) is 15.7. The van der Waals surface area contributed by atoms with Crippen LogP contribution < -0.4 is 10.1 Å². The summed E-state index contributed by atoms with van der Waals surface area (Å²) in [4.78, 5) is 14.3. The van der Waals surface area contributed by atoms with Crippen molar-refractivity contribution in [2.24, 2.45) is 0 Å². The Bertz CT molecular complexity index is 1210. The molecule has 0 saturated carbocycles. The molecule has 1 saturated heterocycles. The number of hydrogen-bond acceptors (Lipinski definition) is 8. The number of aromatic nitrogens is 2. The van der Waals surface area contributed by atoms with Gasteiger partial charge in [0.2, 0.25) is 15.9 Å². The average Bonchev–Trinajstić information content (AvgIpc) is 3.27. The van der Waals surface area contributed by atoms with Crippen molar-refractivity contribution in [2.75, 3.05) is 32.7 Å². The molecule has 1 N–H and O–H groups in total. The van der Waals surface area contributed by atoms with Crippen molar-refractivity contribution in [3.63, 3.8) is 0 Å². The molecule has 0 atom stereocenters. The highest BCUT2D eigenvalue weighted by Gasteiger charge is 2.31. The molecule has 0 unspecified atom stereocenters. The maximum absolute atomic E-state index is 13.1. The van der Waals surface area contributed by atoms with Gasteiger partial charge >= 0.3 is 6.61 Å². The van der Waals surface area contributed by atoms with Gasteiger partial charge in [-0.3, -0.25) is 9.69 Å². The largest absolute Gasteiger partial charge is 0.435 e. The van der Waals surface area contributed by atoms with Crippen molar-refractivity contribution in [3.8, 4) is 5.75 Å². The molecule has 0 bridgehead atoms. The molecule has 1 aromatic heterocycles. The Morgan fingerprint density at radius 1 is 1.09 bits per heavy atom. The summed E-state index contributed by atoms with van der Waals surface area (Å²) < 4.78 is 64.5. The Morgan fingerprint density at radius 2 is 1.82 bits per heavy atom. The highest BCUT2D eigenvalue weighted by Crippen LogP contribution is 2.25. The summed E-state index contributed by atoms with van der Waals surface area (Å²) in [6.45, 7) is -1.16. The SMILES string of the molecule is O=C(CN1CCN(S(=O)(=O)c2cccc3nsnc23)CC1)NCc1ccc(OC(F)F)cc1. The lowest BCUT2D eigenvalue weighted by molar-refractivity contribution is -0.122. The molecular weight excluding hydrogens is 476 g/mol. The number of ether oxygens (including phenoxy) is 1. The van der Waals surface area contributed by atoms with E-state index in [1.807, 2.05) is 4.90 Å². The van der Waals surface area contributed by atoms with E-state index in [2.05, 4.69) is 18.8 Å². The van der Waals surface area contributed by atoms with Crippen LogP contribution >= 0.6 is 11.7 Å². The van der Waals surface area contributed by atoms with Crippen LogP contribution in [0.1, 0.15) is 5.56 Å². The number of fused-ring (bicyclic) bond motifs is 1. The van der Waals surface area contributed by atoms with Gasteiger partial charge in [0.05, 0.1) is 18.3 Å². The van der Waals surface area contributed by atoms with E-state index in [4.69, 9.17) is 0 Å². The first-order valence-corrected chi connectivity index (χ1v) is 12.2. The molecule has 3 aromatic rings. The van der Waals surface area contributed by atoms with Gasteiger partial charge in [0.25, 0.3) is 0 Å². The van der Waals surface area contributed by atoms with Crippen LogP contribution in [-0.2, 0) is 21.4 Å². The van der Waals surface area contributed by atoms with Crippen molar-refractivity contribution >= 4 is 38.7 Å². The third-order valence-electron chi connectivity index (χ3n) is 5.20. The van der Waals surface area contributed by atoms with Gasteiger partial charge < -0.3 is 10.1 Å². The van der Waals surface area contributed by atoms with Crippen molar-refractivity contribution in [3.05, 3.63) is 48.0 Å². The predicted octanol–water partition coefficient (Wildman–Crippen LogP) is 1.92. The van der Waals surface area contributed by atoms with Crippen LogP contribution in [-0.4, -0.2) is 71.6 Å². The van der Waals surface area contributed by atoms with Crippen molar-refractivity contribution in [1.82, 2.24) is 23.3 Å². The Hall–Kier alpha value is -2.74. The summed E-state index contributed by atoms with van der Waals surface area (Å²) in [5, 5.41) is 2.78. The zero-order chi connectivity index (χ0) is 23.4. The minimum atomic E-state index is -3.71. The molecule has 0 radical (unpaired) electrons. The minimum Gasteiger partial charge on any atom is -0.435 e. The number of rotatable bonds is 8. The van der Waals surface area contributed by atoms with Crippen LogP contribution in [0.2, 0.25) is 0 Å². The standard InChI is InChI=1S/C20H21F2N5O4S2/c21-20(22)31-15-6-4-14(5-7-15)12-23-18(28)13-26-8-10-27(11-9-26)33(29,30)17-3-1-2-16-19(17)25-32-24-16/h1-7,20H,8-13H2,(H,23,28). The number of alkyl halides is 2. The molecule has 1 aliphatic heterocycles. The Balaban J connectivity index is 1.27. The Morgan fingerprint density at radius 3 is 2.52 bits per heavy atom. The first-order chi connectivity index (χ1) is 15.8. The molecule has 0 spiro atoms. The van der Waals surface area contributed by atoms with Crippen LogP contribution in [0.15, 0.2) is 47.4 Å². The van der Waals surface area contributed by atoms with Gasteiger partial charge in [0.1, 0.15) is 21.7 Å². The van der Waals surface area contributed by atoms with Crippen molar-refractivity contribution in [1.29, 1.82) is 0 Å². The predicted molar refractivity (Wildman–Crippen MR) is 118 cm³/mol. The Kier molecular flexibility index (Phi) is 7.12. The van der Waals surface area contributed by atoms with Gasteiger partial charge in [-0.15, -0.1) is 0 Å². The second-order valence-electron chi connectivity index (χ2n) is 7.37. The number of hydrogen-bond donors (Lipinski definition) is 1. The molecule has 1 fully saturated rings. The maximum Gasteiger partial charge on any atom is 0.387 e. The summed E-state index contributed by atoms with van der Waals surface area (Å²) in [5.41, 5.74) is 1.66. The number of amides is 1. The number of sulfonamides is 1. The molecule has 9 nitrogen and oxygen atoms in total. The fourth-order valence-electron chi connectivity index (χ4n) is 3.50. The summed E-state index contributed by atoms with van der Waals surface area (Å²) in [5.74, 6) is -0.160. The van der Waals surface area contributed by atoms with E-state index in [0.717, 1.165) is 17.3 Å². The molecule has 13 heteroatoms. The van der Waals surface area contributed by atoms with E-state index in [0.29, 0.717) is 24.1 Å². The molecule has 1 amide bonds. The lowest BCUT2D eigenvalue weighted by atomic mass is 10.2. The number of piperazine rings is 1. The fraction of sp³-hybridized carbons (Fsp3) is 0.350. The lowest BCUT2D eigenvalue weighted by Crippen LogP contribution is -2.51. The zero-order valence-corrected chi connectivity index (χ0v) is 19.0. The third kappa shape index (κ3) is 5.61. The highest BCUT2D eigenvalue weighted by atomic mass is 32.2. The van der Waals surface area contributed by atoms with E-state index in [1.54, 1.807) is 24.3 Å². The summed E-state index contributed by atoms with van der Waals surface area (Å²) in [6.07, 6.45) is 0. The molecule has 0 aliphatic carbocycles. The van der Waals surface area contributed by atoms with Gasteiger partial charge in [0, 0.05) is 32.7 Å². The first kappa shape index (κ1) is 23.4. The Labute approximate surface area is 193 Å². The smallest absolute Gasteiger partial charge is 0.387 e.